The highest BCUT2D eigenvalue weighted by Crippen LogP contribution is 2.31. The topological polar surface area (TPSA) is 84.9 Å². The first-order valence-corrected chi connectivity index (χ1v) is 13.6. The number of carbonyl (C=O) groups excluding carboxylic acids is 1. The molecule has 1 fully saturated rings. The van der Waals surface area contributed by atoms with Gasteiger partial charge in [0.1, 0.15) is 5.75 Å². The molecule has 1 amide bonds. The lowest BCUT2D eigenvalue weighted by Crippen LogP contribution is -2.40. The van der Waals surface area contributed by atoms with Gasteiger partial charge in [-0.05, 0) is 55.8 Å². The van der Waals surface area contributed by atoms with Gasteiger partial charge in [-0.1, -0.05) is 30.3 Å². The van der Waals surface area contributed by atoms with Gasteiger partial charge in [0.05, 0.1) is 29.9 Å². The zero-order valence-corrected chi connectivity index (χ0v) is 21.3. The Balaban J connectivity index is 1.53. The average Bonchev–Trinajstić information content (AvgIpc) is 3.34. The van der Waals surface area contributed by atoms with E-state index < -0.39 is 10.0 Å². The summed E-state index contributed by atoms with van der Waals surface area (Å²) >= 11 is 1.58. The number of benzene rings is 2. The molecular formula is C26H28N2O5S2. The maximum atomic E-state index is 13.1. The highest BCUT2D eigenvalue weighted by atomic mass is 32.2. The van der Waals surface area contributed by atoms with E-state index in [2.05, 4.69) is 5.32 Å². The highest BCUT2D eigenvalue weighted by molar-refractivity contribution is 7.89. The normalized spacial score (nSPS) is 14.9. The van der Waals surface area contributed by atoms with Gasteiger partial charge in [0, 0.05) is 28.9 Å². The van der Waals surface area contributed by atoms with Gasteiger partial charge < -0.3 is 14.8 Å². The fourth-order valence-corrected chi connectivity index (χ4v) is 5.94. The molecule has 3 aromatic rings. The van der Waals surface area contributed by atoms with Crippen LogP contribution in [0.4, 0.5) is 5.69 Å². The summed E-state index contributed by atoms with van der Waals surface area (Å²) in [5, 5.41) is 2.79. The molecule has 1 aromatic heterocycles. The van der Waals surface area contributed by atoms with Gasteiger partial charge in [-0.3, -0.25) is 4.79 Å². The standard InChI is InChI=1S/C26H28N2O5S2/c1-19(2)33-24-11-10-22(35(30,31)28-14-16-32-17-15-28)18-23(24)27-26(29)13-9-21-8-12-25(34-21)20-6-4-3-5-7-20/h3-13,18-19H,14-17H2,1-2H3,(H,27,29)/b13-9+. The van der Waals surface area contributed by atoms with Crippen molar-refractivity contribution in [3.05, 3.63) is 71.6 Å². The fraction of sp³-hybridized carbons (Fsp3) is 0.269. The molecule has 4 rings (SSSR count). The summed E-state index contributed by atoms with van der Waals surface area (Å²) in [4.78, 5) is 14.9. The van der Waals surface area contributed by atoms with Crippen LogP contribution >= 0.6 is 11.3 Å². The van der Waals surface area contributed by atoms with Crippen LogP contribution in [0.2, 0.25) is 0 Å². The second-order valence-corrected chi connectivity index (χ2v) is 11.3. The van der Waals surface area contributed by atoms with Gasteiger partial charge >= 0.3 is 0 Å². The lowest BCUT2D eigenvalue weighted by molar-refractivity contribution is -0.111. The summed E-state index contributed by atoms with van der Waals surface area (Å²) < 4.78 is 38.7. The third kappa shape index (κ3) is 6.37. The monoisotopic (exact) mass is 512 g/mol. The van der Waals surface area contributed by atoms with E-state index in [4.69, 9.17) is 9.47 Å². The molecule has 0 radical (unpaired) electrons. The van der Waals surface area contributed by atoms with Gasteiger partial charge in [-0.25, -0.2) is 8.42 Å². The van der Waals surface area contributed by atoms with Crippen LogP contribution in [0.25, 0.3) is 16.5 Å². The number of sulfonamides is 1. The molecule has 0 unspecified atom stereocenters. The van der Waals surface area contributed by atoms with Gasteiger partial charge in [0.25, 0.3) is 0 Å². The summed E-state index contributed by atoms with van der Waals surface area (Å²) in [6.45, 7) is 5.04. The number of nitrogens with zero attached hydrogens (tertiary/aromatic N) is 1. The number of thiophene rings is 1. The number of rotatable bonds is 8. The molecule has 2 heterocycles. The second-order valence-electron chi connectivity index (χ2n) is 8.23. The predicted molar refractivity (Wildman–Crippen MR) is 139 cm³/mol. The summed E-state index contributed by atoms with van der Waals surface area (Å²) in [5.74, 6) is 0.0272. The Morgan fingerprint density at radius 2 is 1.83 bits per heavy atom. The van der Waals surface area contributed by atoms with Crippen molar-refractivity contribution in [1.29, 1.82) is 0 Å². The van der Waals surface area contributed by atoms with Crippen molar-refractivity contribution < 1.29 is 22.7 Å². The van der Waals surface area contributed by atoms with Crippen molar-refractivity contribution in [2.75, 3.05) is 31.6 Å². The van der Waals surface area contributed by atoms with Crippen LogP contribution in [0.5, 0.6) is 5.75 Å². The van der Waals surface area contributed by atoms with E-state index in [0.717, 1.165) is 15.3 Å². The van der Waals surface area contributed by atoms with Gasteiger partial charge in [0.15, 0.2) is 0 Å². The summed E-state index contributed by atoms with van der Waals surface area (Å²) in [5.41, 5.74) is 1.43. The molecule has 35 heavy (non-hydrogen) atoms. The van der Waals surface area contributed by atoms with E-state index >= 15 is 0 Å². The van der Waals surface area contributed by atoms with E-state index in [-0.39, 0.29) is 16.9 Å². The SMILES string of the molecule is CC(C)Oc1ccc(S(=O)(=O)N2CCOCC2)cc1NC(=O)/C=C/c1ccc(-c2ccccc2)s1. The number of nitrogens with one attached hydrogen (secondary N) is 1. The summed E-state index contributed by atoms with van der Waals surface area (Å²) in [6, 6.07) is 18.5. The molecule has 1 aliphatic heterocycles. The van der Waals surface area contributed by atoms with Crippen molar-refractivity contribution in [3.63, 3.8) is 0 Å². The zero-order chi connectivity index (χ0) is 24.8. The minimum atomic E-state index is -3.71. The molecule has 1 aliphatic rings. The molecule has 1 N–H and O–H groups in total. The lowest BCUT2D eigenvalue weighted by atomic mass is 10.2. The van der Waals surface area contributed by atoms with Crippen molar-refractivity contribution in [2.45, 2.75) is 24.8 Å². The molecule has 184 valence electrons. The molecular weight excluding hydrogens is 484 g/mol. The first kappa shape index (κ1) is 25.1. The summed E-state index contributed by atoms with van der Waals surface area (Å²) in [7, 11) is -3.71. The molecule has 2 aromatic carbocycles. The largest absolute Gasteiger partial charge is 0.489 e. The third-order valence-corrected chi connectivity index (χ3v) is 8.26. The van der Waals surface area contributed by atoms with Crippen LogP contribution < -0.4 is 10.1 Å². The maximum absolute atomic E-state index is 13.1. The maximum Gasteiger partial charge on any atom is 0.248 e. The van der Waals surface area contributed by atoms with E-state index in [1.54, 1.807) is 23.5 Å². The van der Waals surface area contributed by atoms with Gasteiger partial charge in [-0.15, -0.1) is 11.3 Å². The van der Waals surface area contributed by atoms with Crippen molar-refractivity contribution in [3.8, 4) is 16.2 Å². The molecule has 9 heteroatoms. The number of ether oxygens (including phenoxy) is 2. The number of amides is 1. The average molecular weight is 513 g/mol. The molecule has 7 nitrogen and oxygen atoms in total. The van der Waals surface area contributed by atoms with Crippen LogP contribution in [0.15, 0.2) is 71.6 Å². The predicted octanol–water partition coefficient (Wildman–Crippen LogP) is 4.88. The first-order chi connectivity index (χ1) is 16.8. The molecule has 1 saturated heterocycles. The minimum Gasteiger partial charge on any atom is -0.489 e. The van der Waals surface area contributed by atoms with Gasteiger partial charge in [0.2, 0.25) is 15.9 Å². The minimum absolute atomic E-state index is 0.0977. The van der Waals surface area contributed by atoms with Crippen LogP contribution in [0.1, 0.15) is 18.7 Å². The number of anilines is 1. The highest BCUT2D eigenvalue weighted by Gasteiger charge is 2.27. The second kappa shape index (κ2) is 11.2. The Labute approximate surface area is 210 Å². The Morgan fingerprint density at radius 3 is 2.54 bits per heavy atom. The molecule has 0 bridgehead atoms. The third-order valence-electron chi connectivity index (χ3n) is 5.26. The molecule has 0 atom stereocenters. The lowest BCUT2D eigenvalue weighted by Gasteiger charge is -2.26. The number of morpholine rings is 1. The van der Waals surface area contributed by atoms with Crippen LogP contribution in [0.3, 0.4) is 0 Å². The Hall–Kier alpha value is -2.98. The smallest absolute Gasteiger partial charge is 0.248 e. The molecule has 0 aliphatic carbocycles. The number of hydrogen-bond acceptors (Lipinski definition) is 6. The van der Waals surface area contributed by atoms with E-state index in [0.29, 0.717) is 37.7 Å². The first-order valence-electron chi connectivity index (χ1n) is 11.4. The number of carbonyl (C=O) groups is 1. The fourth-order valence-electron chi connectivity index (χ4n) is 3.59. The van der Waals surface area contributed by atoms with Crippen LogP contribution in [-0.2, 0) is 19.6 Å². The quantitative estimate of drug-likeness (QED) is 0.435. The van der Waals surface area contributed by atoms with Crippen LogP contribution in [0, 0.1) is 0 Å². The van der Waals surface area contributed by atoms with Crippen molar-refractivity contribution in [2.24, 2.45) is 0 Å². The van der Waals surface area contributed by atoms with E-state index in [1.807, 2.05) is 56.3 Å². The van der Waals surface area contributed by atoms with Crippen molar-refractivity contribution in [1.82, 2.24) is 4.31 Å². The van der Waals surface area contributed by atoms with Gasteiger partial charge in [-0.2, -0.15) is 4.31 Å². The zero-order valence-electron chi connectivity index (χ0n) is 19.6. The molecule has 0 saturated carbocycles. The Bertz CT molecular complexity index is 1290. The Morgan fingerprint density at radius 1 is 1.09 bits per heavy atom. The summed E-state index contributed by atoms with van der Waals surface area (Å²) in [6.07, 6.45) is 3.03. The van der Waals surface area contributed by atoms with Crippen LogP contribution in [-0.4, -0.2) is 51.0 Å². The molecule has 0 spiro atoms. The van der Waals surface area contributed by atoms with E-state index in [9.17, 15) is 13.2 Å². The van der Waals surface area contributed by atoms with Crippen molar-refractivity contribution >= 4 is 39.0 Å². The Kier molecular flexibility index (Phi) is 8.02. The number of hydrogen-bond donors (Lipinski definition) is 1. The van der Waals surface area contributed by atoms with E-state index in [1.165, 1.54) is 22.5 Å².